The summed E-state index contributed by atoms with van der Waals surface area (Å²) < 4.78 is 2.36. The van der Waals surface area contributed by atoms with Gasteiger partial charge in [0.2, 0.25) is 5.95 Å². The van der Waals surface area contributed by atoms with Crippen LogP contribution >= 0.6 is 0 Å². The van der Waals surface area contributed by atoms with Crippen LogP contribution in [0, 0.1) is 22.7 Å². The van der Waals surface area contributed by atoms with Gasteiger partial charge in [0, 0.05) is 6.04 Å². The van der Waals surface area contributed by atoms with Crippen molar-refractivity contribution in [1.29, 1.82) is 5.26 Å². The average molecular weight is 358 g/mol. The third kappa shape index (κ3) is 3.42. The van der Waals surface area contributed by atoms with Gasteiger partial charge in [-0.05, 0) is 54.9 Å². The van der Waals surface area contributed by atoms with Crippen LogP contribution in [0.25, 0.3) is 11.0 Å². The second-order valence-electron chi connectivity index (χ2n) is 8.64. The number of rotatable bonds is 3. The fraction of sp³-hybridized carbons (Fsp3) is 0.391. The average Bonchev–Trinajstić information content (AvgIpc) is 2.98. The van der Waals surface area contributed by atoms with Gasteiger partial charge in [-0.2, -0.15) is 5.26 Å². The van der Waals surface area contributed by atoms with E-state index in [-0.39, 0.29) is 0 Å². The van der Waals surface area contributed by atoms with Gasteiger partial charge in [0.1, 0.15) is 6.07 Å². The van der Waals surface area contributed by atoms with Gasteiger partial charge in [-0.15, -0.1) is 0 Å². The zero-order chi connectivity index (χ0) is 19.0. The normalized spacial score (nSPS) is 21.7. The van der Waals surface area contributed by atoms with E-state index < -0.39 is 0 Å². The molecule has 1 heterocycles. The first-order valence-electron chi connectivity index (χ1n) is 9.70. The fourth-order valence-corrected chi connectivity index (χ4v) is 4.80. The number of nitrogens with zero attached hydrogens (tertiary/aromatic N) is 3. The van der Waals surface area contributed by atoms with E-state index >= 15 is 0 Å². The predicted octanol–water partition coefficient (Wildman–Crippen LogP) is 6.04. The van der Waals surface area contributed by atoms with Crippen molar-refractivity contribution in [3.8, 4) is 6.07 Å². The third-order valence-electron chi connectivity index (χ3n) is 5.62. The van der Waals surface area contributed by atoms with Crippen molar-refractivity contribution in [2.45, 2.75) is 46.1 Å². The fourth-order valence-electron chi connectivity index (χ4n) is 4.80. The smallest absolute Gasteiger partial charge is 0.208 e. The van der Waals surface area contributed by atoms with Crippen molar-refractivity contribution < 1.29 is 0 Å². The molecule has 4 nitrogen and oxygen atoms in total. The maximum Gasteiger partial charge on any atom is 0.208 e. The maximum atomic E-state index is 9.44. The lowest BCUT2D eigenvalue weighted by molar-refractivity contribution is 0.140. The van der Waals surface area contributed by atoms with Gasteiger partial charge >= 0.3 is 0 Å². The molecule has 2 aromatic carbocycles. The van der Waals surface area contributed by atoms with Crippen LogP contribution in [0.4, 0.5) is 11.6 Å². The zero-order valence-electron chi connectivity index (χ0n) is 16.2. The van der Waals surface area contributed by atoms with Crippen LogP contribution in [-0.2, 0) is 0 Å². The Morgan fingerprint density at radius 3 is 2.63 bits per heavy atom. The molecule has 4 heteroatoms. The molecule has 1 saturated carbocycles. The number of benzene rings is 2. The summed E-state index contributed by atoms with van der Waals surface area (Å²) in [7, 11) is 0. The van der Waals surface area contributed by atoms with Gasteiger partial charge in [-0.3, -0.25) is 0 Å². The van der Waals surface area contributed by atoms with Gasteiger partial charge in [0.15, 0.2) is 0 Å². The molecule has 0 bridgehead atoms. The summed E-state index contributed by atoms with van der Waals surface area (Å²) in [4.78, 5) is 4.87. The molecule has 1 aliphatic rings. The molecule has 0 saturated heterocycles. The molecule has 2 atom stereocenters. The number of para-hydroxylation sites is 3. The molecule has 27 heavy (non-hydrogen) atoms. The minimum atomic E-state index is 0.315. The number of hydrogen-bond acceptors (Lipinski definition) is 3. The lowest BCUT2D eigenvalue weighted by atomic mass is 9.70. The van der Waals surface area contributed by atoms with E-state index in [0.29, 0.717) is 22.9 Å². The van der Waals surface area contributed by atoms with Crippen molar-refractivity contribution >= 4 is 22.7 Å². The number of nitriles is 1. The highest BCUT2D eigenvalue weighted by molar-refractivity contribution is 5.80. The van der Waals surface area contributed by atoms with Crippen molar-refractivity contribution in [1.82, 2.24) is 9.55 Å². The van der Waals surface area contributed by atoms with Crippen molar-refractivity contribution in [3.63, 3.8) is 0 Å². The first-order valence-corrected chi connectivity index (χ1v) is 9.70. The van der Waals surface area contributed by atoms with Gasteiger partial charge in [-0.25, -0.2) is 4.98 Å². The first-order chi connectivity index (χ1) is 13.0. The topological polar surface area (TPSA) is 53.6 Å². The maximum absolute atomic E-state index is 9.44. The summed E-state index contributed by atoms with van der Waals surface area (Å²) in [5, 5.41) is 12.9. The molecule has 1 fully saturated rings. The molecule has 138 valence electrons. The summed E-state index contributed by atoms with van der Waals surface area (Å²) in [5.74, 6) is 1.51. The van der Waals surface area contributed by atoms with E-state index in [1.54, 1.807) is 0 Å². The summed E-state index contributed by atoms with van der Waals surface area (Å²) in [5.41, 5.74) is 3.90. The summed E-state index contributed by atoms with van der Waals surface area (Å²) in [6.45, 7) is 7.09. The Kier molecular flexibility index (Phi) is 4.39. The number of nitrogens with one attached hydrogen (secondary N) is 1. The molecule has 1 aliphatic carbocycles. The number of imidazole rings is 1. The van der Waals surface area contributed by atoms with E-state index in [2.05, 4.69) is 54.9 Å². The van der Waals surface area contributed by atoms with Gasteiger partial charge < -0.3 is 9.88 Å². The molecule has 3 aromatic rings. The van der Waals surface area contributed by atoms with Crippen LogP contribution in [0.3, 0.4) is 0 Å². The standard InChI is InChI=1S/C23H26N4/c1-16-12-18(14-23(2,3)13-16)27-21-11-7-6-10-20(21)26-22(27)25-19-9-5-4-8-17(19)15-24/h4-11,16,18H,12-14H2,1-3H3,(H,25,26). The van der Waals surface area contributed by atoms with Crippen LogP contribution in [0.5, 0.6) is 0 Å². The Labute approximate surface area is 160 Å². The number of hydrogen-bond donors (Lipinski definition) is 1. The molecular formula is C23H26N4. The highest BCUT2D eigenvalue weighted by atomic mass is 15.2. The largest absolute Gasteiger partial charge is 0.324 e. The number of fused-ring (bicyclic) bond motifs is 1. The Balaban J connectivity index is 1.82. The number of anilines is 2. The van der Waals surface area contributed by atoms with Crippen molar-refractivity contribution in [2.24, 2.45) is 11.3 Å². The lowest BCUT2D eigenvalue weighted by Gasteiger charge is -2.40. The molecule has 4 rings (SSSR count). The molecule has 1 aromatic heterocycles. The van der Waals surface area contributed by atoms with Crippen LogP contribution in [0.2, 0.25) is 0 Å². The first kappa shape index (κ1) is 17.6. The van der Waals surface area contributed by atoms with E-state index in [9.17, 15) is 5.26 Å². The lowest BCUT2D eigenvalue weighted by Crippen LogP contribution is -2.29. The summed E-state index contributed by atoms with van der Waals surface area (Å²) >= 11 is 0. The van der Waals surface area contributed by atoms with Crippen LogP contribution in [-0.4, -0.2) is 9.55 Å². The van der Waals surface area contributed by atoms with Crippen LogP contribution < -0.4 is 5.32 Å². The highest BCUT2D eigenvalue weighted by Gasteiger charge is 2.34. The Morgan fingerprint density at radius 2 is 1.85 bits per heavy atom. The zero-order valence-corrected chi connectivity index (χ0v) is 16.2. The van der Waals surface area contributed by atoms with Crippen molar-refractivity contribution in [3.05, 3.63) is 54.1 Å². The molecule has 0 aliphatic heterocycles. The Morgan fingerprint density at radius 1 is 1.11 bits per heavy atom. The Bertz CT molecular complexity index is 1010. The third-order valence-corrected chi connectivity index (χ3v) is 5.62. The van der Waals surface area contributed by atoms with Gasteiger partial charge in [-0.1, -0.05) is 45.0 Å². The highest BCUT2D eigenvalue weighted by Crippen LogP contribution is 2.46. The minimum absolute atomic E-state index is 0.315. The van der Waals surface area contributed by atoms with E-state index in [0.717, 1.165) is 35.5 Å². The Hall–Kier alpha value is -2.80. The molecule has 0 radical (unpaired) electrons. The second kappa shape index (κ2) is 6.74. The van der Waals surface area contributed by atoms with E-state index in [4.69, 9.17) is 4.98 Å². The molecule has 0 amide bonds. The predicted molar refractivity (Wildman–Crippen MR) is 110 cm³/mol. The van der Waals surface area contributed by atoms with Gasteiger partial charge in [0.05, 0.1) is 22.3 Å². The molecule has 1 N–H and O–H groups in total. The summed E-state index contributed by atoms with van der Waals surface area (Å²) in [6.07, 6.45) is 3.54. The number of aromatic nitrogens is 2. The van der Waals surface area contributed by atoms with Crippen molar-refractivity contribution in [2.75, 3.05) is 5.32 Å². The van der Waals surface area contributed by atoms with Crippen LogP contribution in [0.15, 0.2) is 48.5 Å². The molecule has 0 spiro atoms. The SMILES string of the molecule is CC1CC(n2c(Nc3ccccc3C#N)nc3ccccc32)CC(C)(C)C1. The van der Waals surface area contributed by atoms with E-state index in [1.807, 2.05) is 30.3 Å². The quantitative estimate of drug-likeness (QED) is 0.621. The second-order valence-corrected chi connectivity index (χ2v) is 8.64. The summed E-state index contributed by atoms with van der Waals surface area (Å²) in [6, 6.07) is 18.6. The van der Waals surface area contributed by atoms with Crippen LogP contribution in [0.1, 0.15) is 51.6 Å². The minimum Gasteiger partial charge on any atom is -0.324 e. The van der Waals surface area contributed by atoms with Gasteiger partial charge in [0.25, 0.3) is 0 Å². The molecule has 2 unspecified atom stereocenters. The molecular weight excluding hydrogens is 332 g/mol. The monoisotopic (exact) mass is 358 g/mol. The van der Waals surface area contributed by atoms with E-state index in [1.165, 1.54) is 6.42 Å².